The van der Waals surface area contributed by atoms with Crippen molar-refractivity contribution in [1.82, 2.24) is 15.2 Å². The number of anilines is 1. The first-order valence-corrected chi connectivity index (χ1v) is 9.58. The molecule has 4 rings (SSSR count). The number of nitrogens with zero attached hydrogens (tertiary/aromatic N) is 3. The Morgan fingerprint density at radius 3 is 2.48 bits per heavy atom. The number of aromatic hydroxyl groups is 1. The summed E-state index contributed by atoms with van der Waals surface area (Å²) in [6.07, 6.45) is 0.0345. The molecule has 2 atom stereocenters. The molecule has 2 aliphatic carbocycles. The van der Waals surface area contributed by atoms with Crippen molar-refractivity contribution in [2.45, 2.75) is 63.0 Å². The second-order valence-corrected chi connectivity index (χ2v) is 7.47. The third-order valence-corrected chi connectivity index (χ3v) is 5.18. The molecule has 0 spiro atoms. The first kappa shape index (κ1) is 19.7. The van der Waals surface area contributed by atoms with E-state index < -0.39 is 24.0 Å². The third-order valence-electron chi connectivity index (χ3n) is 5.18. The Hall–Kier alpha value is -2.62. The maximum Gasteiger partial charge on any atom is 0.573 e. The maximum absolute atomic E-state index is 12.4. The van der Waals surface area contributed by atoms with Gasteiger partial charge in [0.1, 0.15) is 17.2 Å². The highest BCUT2D eigenvalue weighted by Gasteiger charge is 2.33. The summed E-state index contributed by atoms with van der Waals surface area (Å²) in [6, 6.07) is 3.18. The Morgan fingerprint density at radius 1 is 1.07 bits per heavy atom. The minimum Gasteiger partial charge on any atom is -0.507 e. The second kappa shape index (κ2) is 7.66. The summed E-state index contributed by atoms with van der Waals surface area (Å²) >= 11 is 0. The van der Waals surface area contributed by atoms with Crippen molar-refractivity contribution in [3.63, 3.8) is 0 Å². The Labute approximate surface area is 165 Å². The molecule has 2 fully saturated rings. The molecule has 10 heteroatoms. The van der Waals surface area contributed by atoms with Gasteiger partial charge in [-0.15, -0.1) is 23.4 Å². The average molecular weight is 410 g/mol. The lowest BCUT2D eigenvalue weighted by Crippen LogP contribution is -2.37. The van der Waals surface area contributed by atoms with Crippen LogP contribution in [0, 0.1) is 0 Å². The van der Waals surface area contributed by atoms with Gasteiger partial charge < -0.3 is 20.3 Å². The third kappa shape index (κ3) is 4.69. The van der Waals surface area contributed by atoms with E-state index >= 15 is 0 Å². The number of aromatic nitrogens is 3. The van der Waals surface area contributed by atoms with Crippen LogP contribution in [0.15, 0.2) is 18.2 Å². The van der Waals surface area contributed by atoms with Gasteiger partial charge in [0.2, 0.25) is 5.95 Å². The molecule has 1 aromatic carbocycles. The van der Waals surface area contributed by atoms with E-state index in [1.165, 1.54) is 6.07 Å². The molecule has 7 nitrogen and oxygen atoms in total. The molecule has 156 valence electrons. The fourth-order valence-electron chi connectivity index (χ4n) is 3.59. The van der Waals surface area contributed by atoms with Crippen LogP contribution in [-0.4, -0.2) is 43.9 Å². The second-order valence-electron chi connectivity index (χ2n) is 7.47. The van der Waals surface area contributed by atoms with Crippen molar-refractivity contribution >= 4 is 5.95 Å². The van der Waals surface area contributed by atoms with Gasteiger partial charge in [0.15, 0.2) is 0 Å². The highest BCUT2D eigenvalue weighted by molar-refractivity contribution is 5.70. The van der Waals surface area contributed by atoms with Crippen molar-refractivity contribution in [2.24, 2.45) is 0 Å². The number of ether oxygens (including phenoxy) is 1. The summed E-state index contributed by atoms with van der Waals surface area (Å²) in [5, 5.41) is 31.8. The molecule has 0 saturated heterocycles. The Kier molecular flexibility index (Phi) is 5.20. The Morgan fingerprint density at radius 2 is 1.83 bits per heavy atom. The number of aliphatic hydroxyl groups is 1. The summed E-state index contributed by atoms with van der Waals surface area (Å²) < 4.78 is 41.0. The number of hydrogen-bond donors (Lipinski definition) is 3. The van der Waals surface area contributed by atoms with E-state index in [-0.39, 0.29) is 17.5 Å². The smallest absolute Gasteiger partial charge is 0.507 e. The van der Waals surface area contributed by atoms with Gasteiger partial charge >= 0.3 is 6.36 Å². The number of phenolic OH excluding ortho intramolecular Hbond substituents is 1. The van der Waals surface area contributed by atoms with E-state index in [1.54, 1.807) is 0 Å². The fourth-order valence-corrected chi connectivity index (χ4v) is 3.59. The zero-order valence-electron chi connectivity index (χ0n) is 15.5. The zero-order chi connectivity index (χ0) is 20.6. The molecule has 0 aliphatic heterocycles. The molecule has 29 heavy (non-hydrogen) atoms. The number of phenols is 1. The number of nitrogens with one attached hydrogen (secondary N) is 1. The van der Waals surface area contributed by atoms with Gasteiger partial charge in [-0.1, -0.05) is 12.8 Å². The van der Waals surface area contributed by atoms with Crippen LogP contribution in [0.1, 0.15) is 50.1 Å². The molecule has 0 amide bonds. The number of rotatable bonds is 5. The van der Waals surface area contributed by atoms with E-state index in [0.29, 0.717) is 17.3 Å². The summed E-state index contributed by atoms with van der Waals surface area (Å²) in [5.74, 6) is -0.452. The number of halogens is 3. The number of benzene rings is 1. The lowest BCUT2D eigenvalue weighted by molar-refractivity contribution is -0.274. The van der Waals surface area contributed by atoms with E-state index in [1.807, 2.05) is 0 Å². The van der Waals surface area contributed by atoms with Crippen LogP contribution in [0.25, 0.3) is 11.3 Å². The zero-order valence-corrected chi connectivity index (χ0v) is 15.5. The van der Waals surface area contributed by atoms with Gasteiger partial charge in [-0.05, 0) is 37.8 Å². The molecule has 1 heterocycles. The average Bonchev–Trinajstić information content (AvgIpc) is 3.48. The van der Waals surface area contributed by atoms with Crippen LogP contribution in [-0.2, 0) is 0 Å². The Balaban J connectivity index is 1.61. The molecule has 2 saturated carbocycles. The normalized spacial score (nSPS) is 22.3. The number of aliphatic hydroxyl groups excluding tert-OH is 1. The van der Waals surface area contributed by atoms with Crippen LogP contribution in [0.3, 0.4) is 0 Å². The summed E-state index contributed by atoms with van der Waals surface area (Å²) in [6.45, 7) is 0. The van der Waals surface area contributed by atoms with Crippen LogP contribution in [0.5, 0.6) is 11.5 Å². The molecular weight excluding hydrogens is 389 g/mol. The van der Waals surface area contributed by atoms with Gasteiger partial charge in [0.25, 0.3) is 0 Å². The van der Waals surface area contributed by atoms with E-state index in [2.05, 4.69) is 25.2 Å². The molecule has 1 aromatic heterocycles. The molecule has 0 bridgehead atoms. The molecule has 0 radical (unpaired) electrons. The highest BCUT2D eigenvalue weighted by atomic mass is 19.4. The molecule has 2 aliphatic rings. The monoisotopic (exact) mass is 410 g/mol. The van der Waals surface area contributed by atoms with Crippen molar-refractivity contribution < 1.29 is 28.1 Å². The topological polar surface area (TPSA) is 100 Å². The molecular formula is C19H21F3N4O3. The minimum atomic E-state index is -4.84. The number of hydrogen-bond acceptors (Lipinski definition) is 7. The van der Waals surface area contributed by atoms with Gasteiger partial charge in [-0.2, -0.15) is 0 Å². The van der Waals surface area contributed by atoms with Gasteiger partial charge in [-0.25, -0.2) is 4.98 Å². The molecule has 3 N–H and O–H groups in total. The first-order valence-electron chi connectivity index (χ1n) is 9.58. The van der Waals surface area contributed by atoms with Crippen LogP contribution < -0.4 is 10.1 Å². The van der Waals surface area contributed by atoms with Gasteiger partial charge in [-0.3, -0.25) is 0 Å². The molecule has 2 aromatic rings. The lowest BCUT2D eigenvalue weighted by Gasteiger charge is -2.28. The van der Waals surface area contributed by atoms with Gasteiger partial charge in [0, 0.05) is 17.5 Å². The van der Waals surface area contributed by atoms with E-state index in [4.69, 9.17) is 0 Å². The summed E-state index contributed by atoms with van der Waals surface area (Å²) in [5.41, 5.74) is 1.21. The highest BCUT2D eigenvalue weighted by Crippen LogP contribution is 2.45. The maximum atomic E-state index is 12.4. The van der Waals surface area contributed by atoms with Crippen molar-refractivity contribution in [3.8, 4) is 22.8 Å². The van der Waals surface area contributed by atoms with E-state index in [0.717, 1.165) is 50.7 Å². The van der Waals surface area contributed by atoms with E-state index in [9.17, 15) is 23.4 Å². The SMILES string of the molecule is Oc1cc(OC(F)(F)F)ccc1-c1nnc(N[C@@H]2CCCC[C@H]2O)nc1C1CC1. The predicted molar refractivity (Wildman–Crippen MR) is 97.5 cm³/mol. The van der Waals surface area contributed by atoms with Crippen molar-refractivity contribution in [1.29, 1.82) is 0 Å². The minimum absolute atomic E-state index is 0.143. The van der Waals surface area contributed by atoms with Gasteiger partial charge in [0.05, 0.1) is 17.8 Å². The summed E-state index contributed by atoms with van der Waals surface area (Å²) in [7, 11) is 0. The van der Waals surface area contributed by atoms with Crippen molar-refractivity contribution in [3.05, 3.63) is 23.9 Å². The number of alkyl halides is 3. The van der Waals surface area contributed by atoms with Crippen LogP contribution in [0.4, 0.5) is 19.1 Å². The van der Waals surface area contributed by atoms with Crippen molar-refractivity contribution in [2.75, 3.05) is 5.32 Å². The van der Waals surface area contributed by atoms with Crippen LogP contribution >= 0.6 is 0 Å². The molecule has 0 unspecified atom stereocenters. The predicted octanol–water partition coefficient (Wildman–Crippen LogP) is 3.74. The van der Waals surface area contributed by atoms with Crippen LogP contribution in [0.2, 0.25) is 0 Å². The summed E-state index contributed by atoms with van der Waals surface area (Å²) in [4.78, 5) is 4.54. The first-order chi connectivity index (χ1) is 13.8. The fraction of sp³-hybridized carbons (Fsp3) is 0.526. The Bertz CT molecular complexity index is 889. The largest absolute Gasteiger partial charge is 0.573 e. The quantitative estimate of drug-likeness (QED) is 0.690. The standard InChI is InChI=1S/C19H21F3N4O3/c20-19(21,22)29-11-7-8-12(15(28)9-11)17-16(10-5-6-10)24-18(26-25-17)23-13-3-1-2-4-14(13)27/h7-10,13-14,27-28H,1-6H2,(H,23,24,26)/t13-,14-/m1/s1. The lowest BCUT2D eigenvalue weighted by atomic mass is 9.93.